The third-order valence-electron chi connectivity index (χ3n) is 4.15. The SMILES string of the molecule is O=C(CCS(=O)(=O)c1ccccc1)NCCc1c[nH]c2ccc(Cl)cc12. The molecule has 0 radical (unpaired) electrons. The molecule has 0 atom stereocenters. The van der Waals surface area contributed by atoms with Gasteiger partial charge in [0.25, 0.3) is 0 Å². The summed E-state index contributed by atoms with van der Waals surface area (Å²) >= 11 is 6.03. The Morgan fingerprint density at radius 1 is 1.12 bits per heavy atom. The highest BCUT2D eigenvalue weighted by atomic mass is 35.5. The summed E-state index contributed by atoms with van der Waals surface area (Å²) in [6, 6.07) is 13.8. The highest BCUT2D eigenvalue weighted by Gasteiger charge is 2.16. The molecule has 136 valence electrons. The van der Waals surface area contributed by atoms with Gasteiger partial charge in [-0.2, -0.15) is 0 Å². The molecule has 5 nitrogen and oxygen atoms in total. The molecule has 0 bridgehead atoms. The lowest BCUT2D eigenvalue weighted by atomic mass is 10.1. The molecule has 0 fully saturated rings. The molecule has 26 heavy (non-hydrogen) atoms. The van der Waals surface area contributed by atoms with Crippen LogP contribution in [0, 0.1) is 0 Å². The summed E-state index contributed by atoms with van der Waals surface area (Å²) in [7, 11) is -3.44. The van der Waals surface area contributed by atoms with Gasteiger partial charge < -0.3 is 10.3 Å². The number of benzene rings is 2. The molecule has 0 aliphatic heterocycles. The third-order valence-corrected chi connectivity index (χ3v) is 6.11. The zero-order valence-corrected chi connectivity index (χ0v) is 15.6. The van der Waals surface area contributed by atoms with Crippen LogP contribution in [0.2, 0.25) is 5.02 Å². The highest BCUT2D eigenvalue weighted by Crippen LogP contribution is 2.22. The van der Waals surface area contributed by atoms with Crippen molar-refractivity contribution in [2.75, 3.05) is 12.3 Å². The number of sulfone groups is 1. The fraction of sp³-hybridized carbons (Fsp3) is 0.211. The molecule has 0 unspecified atom stereocenters. The Labute approximate surface area is 157 Å². The molecule has 0 spiro atoms. The average Bonchev–Trinajstić information content (AvgIpc) is 3.03. The first-order chi connectivity index (χ1) is 12.5. The highest BCUT2D eigenvalue weighted by molar-refractivity contribution is 7.91. The van der Waals surface area contributed by atoms with Gasteiger partial charge >= 0.3 is 0 Å². The van der Waals surface area contributed by atoms with E-state index in [1.807, 2.05) is 24.4 Å². The number of halogens is 1. The van der Waals surface area contributed by atoms with Gasteiger partial charge in [0.1, 0.15) is 0 Å². The van der Waals surface area contributed by atoms with E-state index in [1.165, 1.54) is 12.1 Å². The van der Waals surface area contributed by atoms with E-state index >= 15 is 0 Å². The van der Waals surface area contributed by atoms with Crippen LogP contribution < -0.4 is 5.32 Å². The van der Waals surface area contributed by atoms with Gasteiger partial charge in [0.2, 0.25) is 5.91 Å². The molecular weight excluding hydrogens is 372 g/mol. The standard InChI is InChI=1S/C19H19ClN2O3S/c20-15-6-7-18-17(12-15)14(13-22-18)8-10-21-19(23)9-11-26(24,25)16-4-2-1-3-5-16/h1-7,12-13,22H,8-11H2,(H,21,23). The number of aromatic nitrogens is 1. The van der Waals surface area contributed by atoms with Gasteiger partial charge in [-0.05, 0) is 42.3 Å². The number of carbonyl (C=O) groups is 1. The summed E-state index contributed by atoms with van der Waals surface area (Å²) in [5.74, 6) is -0.478. The number of H-pyrrole nitrogens is 1. The molecular formula is C19H19ClN2O3S. The Morgan fingerprint density at radius 2 is 1.88 bits per heavy atom. The molecule has 1 aromatic heterocycles. The van der Waals surface area contributed by atoms with E-state index in [2.05, 4.69) is 10.3 Å². The summed E-state index contributed by atoms with van der Waals surface area (Å²) in [5.41, 5.74) is 2.05. The van der Waals surface area contributed by atoms with Gasteiger partial charge in [-0.15, -0.1) is 0 Å². The zero-order chi connectivity index (χ0) is 18.6. The number of fused-ring (bicyclic) bond motifs is 1. The Morgan fingerprint density at radius 3 is 2.65 bits per heavy atom. The van der Waals surface area contributed by atoms with Crippen molar-refractivity contribution >= 4 is 38.2 Å². The van der Waals surface area contributed by atoms with Crippen molar-refractivity contribution in [2.24, 2.45) is 0 Å². The van der Waals surface area contributed by atoms with E-state index in [0.717, 1.165) is 16.5 Å². The molecule has 1 amide bonds. The summed E-state index contributed by atoms with van der Waals surface area (Å²) < 4.78 is 24.4. The van der Waals surface area contributed by atoms with Crippen molar-refractivity contribution in [3.63, 3.8) is 0 Å². The van der Waals surface area contributed by atoms with Crippen LogP contribution in [-0.4, -0.2) is 31.6 Å². The average molecular weight is 391 g/mol. The minimum absolute atomic E-state index is 0.0586. The van der Waals surface area contributed by atoms with Crippen LogP contribution in [0.1, 0.15) is 12.0 Å². The summed E-state index contributed by atoms with van der Waals surface area (Å²) in [4.78, 5) is 15.4. The van der Waals surface area contributed by atoms with E-state index in [1.54, 1.807) is 18.2 Å². The largest absolute Gasteiger partial charge is 0.361 e. The maximum absolute atomic E-state index is 12.2. The minimum Gasteiger partial charge on any atom is -0.361 e. The molecule has 2 N–H and O–H groups in total. The second-order valence-corrected chi connectivity index (χ2v) is 8.53. The van der Waals surface area contributed by atoms with Crippen molar-refractivity contribution in [2.45, 2.75) is 17.7 Å². The molecule has 3 aromatic rings. The second kappa shape index (κ2) is 7.93. The Hall–Kier alpha value is -2.31. The maximum Gasteiger partial charge on any atom is 0.221 e. The Kier molecular flexibility index (Phi) is 5.64. The predicted molar refractivity (Wildman–Crippen MR) is 103 cm³/mol. The Balaban J connectivity index is 1.51. The van der Waals surface area contributed by atoms with Crippen molar-refractivity contribution < 1.29 is 13.2 Å². The first-order valence-corrected chi connectivity index (χ1v) is 10.3. The fourth-order valence-corrected chi connectivity index (χ4v) is 4.19. The number of amides is 1. The van der Waals surface area contributed by atoms with E-state index in [9.17, 15) is 13.2 Å². The number of hydrogen-bond donors (Lipinski definition) is 2. The van der Waals surface area contributed by atoms with Crippen LogP contribution in [0.15, 0.2) is 59.6 Å². The molecule has 3 rings (SSSR count). The molecule has 0 aliphatic rings. The lowest BCUT2D eigenvalue weighted by Gasteiger charge is -2.06. The summed E-state index contributed by atoms with van der Waals surface area (Å²) in [5, 5.41) is 4.46. The topological polar surface area (TPSA) is 79.0 Å². The van der Waals surface area contributed by atoms with Crippen LogP contribution in [0.25, 0.3) is 10.9 Å². The normalized spacial score (nSPS) is 11.6. The van der Waals surface area contributed by atoms with Gasteiger partial charge in [0.15, 0.2) is 9.84 Å². The van der Waals surface area contributed by atoms with Gasteiger partial charge in [-0.1, -0.05) is 29.8 Å². The van der Waals surface area contributed by atoms with Crippen molar-refractivity contribution in [3.05, 3.63) is 65.3 Å². The molecule has 0 aliphatic carbocycles. The second-order valence-electron chi connectivity index (χ2n) is 5.99. The molecule has 1 heterocycles. The fourth-order valence-electron chi connectivity index (χ4n) is 2.76. The van der Waals surface area contributed by atoms with E-state index < -0.39 is 9.84 Å². The number of hydrogen-bond acceptors (Lipinski definition) is 3. The van der Waals surface area contributed by atoms with E-state index in [0.29, 0.717) is 18.0 Å². The van der Waals surface area contributed by atoms with Crippen molar-refractivity contribution in [1.29, 1.82) is 0 Å². The van der Waals surface area contributed by atoms with Crippen LogP contribution in [0.4, 0.5) is 0 Å². The Bertz CT molecular complexity index is 1010. The first kappa shape index (κ1) is 18.5. The van der Waals surface area contributed by atoms with E-state index in [4.69, 9.17) is 11.6 Å². The van der Waals surface area contributed by atoms with Gasteiger partial charge in [-0.3, -0.25) is 4.79 Å². The number of rotatable bonds is 7. The lowest BCUT2D eigenvalue weighted by Crippen LogP contribution is -2.27. The van der Waals surface area contributed by atoms with Crippen LogP contribution in [0.3, 0.4) is 0 Å². The zero-order valence-electron chi connectivity index (χ0n) is 14.0. The summed E-state index contributed by atoms with van der Waals surface area (Å²) in [6.45, 7) is 0.434. The van der Waals surface area contributed by atoms with Gasteiger partial charge in [0, 0.05) is 35.1 Å². The van der Waals surface area contributed by atoms with Gasteiger partial charge in [-0.25, -0.2) is 8.42 Å². The quantitative estimate of drug-likeness (QED) is 0.649. The third kappa shape index (κ3) is 4.45. The smallest absolute Gasteiger partial charge is 0.221 e. The van der Waals surface area contributed by atoms with Crippen LogP contribution in [0.5, 0.6) is 0 Å². The maximum atomic E-state index is 12.2. The number of aromatic amines is 1. The predicted octanol–water partition coefficient (Wildman–Crippen LogP) is 3.34. The first-order valence-electron chi connectivity index (χ1n) is 8.26. The monoisotopic (exact) mass is 390 g/mol. The van der Waals surface area contributed by atoms with Crippen LogP contribution >= 0.6 is 11.6 Å². The molecule has 2 aromatic carbocycles. The lowest BCUT2D eigenvalue weighted by molar-refractivity contribution is -0.120. The number of nitrogens with one attached hydrogen (secondary N) is 2. The minimum atomic E-state index is -3.44. The number of carbonyl (C=O) groups excluding carboxylic acids is 1. The van der Waals surface area contributed by atoms with Crippen molar-refractivity contribution in [1.82, 2.24) is 10.3 Å². The van der Waals surface area contributed by atoms with E-state index in [-0.39, 0.29) is 23.0 Å². The summed E-state index contributed by atoms with van der Waals surface area (Å²) in [6.07, 6.45) is 2.47. The van der Waals surface area contributed by atoms with Crippen molar-refractivity contribution in [3.8, 4) is 0 Å². The van der Waals surface area contributed by atoms with Crippen LogP contribution in [-0.2, 0) is 21.1 Å². The molecule has 0 saturated carbocycles. The molecule has 7 heteroatoms. The van der Waals surface area contributed by atoms with Gasteiger partial charge in [0.05, 0.1) is 10.6 Å². The molecule has 0 saturated heterocycles.